The van der Waals surface area contributed by atoms with Crippen molar-refractivity contribution in [3.63, 3.8) is 0 Å². The summed E-state index contributed by atoms with van der Waals surface area (Å²) < 4.78 is 11.3. The Hall–Kier alpha value is -2.49. The molecule has 0 aliphatic heterocycles. The summed E-state index contributed by atoms with van der Waals surface area (Å²) >= 11 is 0. The van der Waals surface area contributed by atoms with Gasteiger partial charge >= 0.3 is 0 Å². The Morgan fingerprint density at radius 1 is 1.07 bits per heavy atom. The maximum atomic E-state index is 12.8. The third-order valence-electron chi connectivity index (χ3n) is 5.23. The van der Waals surface area contributed by atoms with Gasteiger partial charge < -0.3 is 14.8 Å². The average molecular weight is 367 g/mol. The van der Waals surface area contributed by atoms with E-state index in [1.807, 2.05) is 38.1 Å². The Balaban J connectivity index is 1.67. The van der Waals surface area contributed by atoms with E-state index in [0.717, 1.165) is 12.0 Å². The molecule has 4 nitrogen and oxygen atoms in total. The van der Waals surface area contributed by atoms with Crippen molar-refractivity contribution in [2.75, 3.05) is 7.11 Å². The fourth-order valence-electron chi connectivity index (χ4n) is 3.60. The van der Waals surface area contributed by atoms with Gasteiger partial charge in [-0.1, -0.05) is 37.3 Å². The molecular formula is C23H29NO3. The third-order valence-corrected chi connectivity index (χ3v) is 5.23. The van der Waals surface area contributed by atoms with Crippen molar-refractivity contribution >= 4 is 5.91 Å². The van der Waals surface area contributed by atoms with Gasteiger partial charge in [-0.3, -0.25) is 4.79 Å². The highest BCUT2D eigenvalue weighted by atomic mass is 16.5. The standard InChI is InChI=1S/C23H29NO3/c1-4-20(27-22-12-8-7-11-21(22)26-3)23(25)24-16(2)18-14-13-17-9-5-6-10-19(17)15-18/h7-8,11-16,20H,4-6,9-10H2,1-3H3,(H,24,25)/t16-,20+/m0/s1. The van der Waals surface area contributed by atoms with E-state index in [0.29, 0.717) is 17.9 Å². The van der Waals surface area contributed by atoms with Gasteiger partial charge in [-0.25, -0.2) is 0 Å². The molecule has 0 saturated carbocycles. The van der Waals surface area contributed by atoms with Crippen LogP contribution in [-0.4, -0.2) is 19.1 Å². The van der Waals surface area contributed by atoms with E-state index < -0.39 is 6.10 Å². The van der Waals surface area contributed by atoms with Crippen molar-refractivity contribution in [2.24, 2.45) is 0 Å². The van der Waals surface area contributed by atoms with Gasteiger partial charge in [0.15, 0.2) is 17.6 Å². The van der Waals surface area contributed by atoms with Crippen LogP contribution in [0.2, 0.25) is 0 Å². The minimum absolute atomic E-state index is 0.0555. The Labute approximate surface area is 161 Å². The molecule has 0 unspecified atom stereocenters. The zero-order valence-electron chi connectivity index (χ0n) is 16.5. The summed E-state index contributed by atoms with van der Waals surface area (Å²) in [6.07, 6.45) is 4.86. The quantitative estimate of drug-likeness (QED) is 0.777. The summed E-state index contributed by atoms with van der Waals surface area (Å²) in [5, 5.41) is 3.11. The van der Waals surface area contributed by atoms with Crippen molar-refractivity contribution in [3.8, 4) is 11.5 Å². The molecule has 2 atom stereocenters. The molecule has 0 radical (unpaired) electrons. The first-order chi connectivity index (χ1) is 13.1. The number of carbonyl (C=O) groups excluding carboxylic acids is 1. The van der Waals surface area contributed by atoms with Gasteiger partial charge in [0.1, 0.15) is 0 Å². The van der Waals surface area contributed by atoms with Crippen LogP contribution in [0.5, 0.6) is 11.5 Å². The second-order valence-electron chi connectivity index (χ2n) is 7.13. The Morgan fingerprint density at radius 2 is 1.78 bits per heavy atom. The number of hydrogen-bond donors (Lipinski definition) is 1. The van der Waals surface area contributed by atoms with Crippen molar-refractivity contribution in [2.45, 2.75) is 58.1 Å². The van der Waals surface area contributed by atoms with Crippen LogP contribution in [0, 0.1) is 0 Å². The van der Waals surface area contributed by atoms with Gasteiger partial charge in [0.2, 0.25) is 0 Å². The van der Waals surface area contributed by atoms with E-state index >= 15 is 0 Å². The molecular weight excluding hydrogens is 338 g/mol. The summed E-state index contributed by atoms with van der Waals surface area (Å²) in [6, 6.07) is 14.0. The fraction of sp³-hybridized carbons (Fsp3) is 0.435. The smallest absolute Gasteiger partial charge is 0.261 e. The number of hydrogen-bond acceptors (Lipinski definition) is 3. The number of rotatable bonds is 7. The molecule has 0 fully saturated rings. The van der Waals surface area contributed by atoms with E-state index in [1.165, 1.54) is 30.4 Å². The molecule has 4 heteroatoms. The number of para-hydroxylation sites is 2. The van der Waals surface area contributed by atoms with E-state index in [-0.39, 0.29) is 11.9 Å². The summed E-state index contributed by atoms with van der Waals surface area (Å²) in [5.41, 5.74) is 4.03. The van der Waals surface area contributed by atoms with Gasteiger partial charge in [0.05, 0.1) is 13.2 Å². The van der Waals surface area contributed by atoms with Gasteiger partial charge in [-0.15, -0.1) is 0 Å². The number of ether oxygens (including phenoxy) is 2. The molecule has 3 rings (SSSR count). The molecule has 0 bridgehead atoms. The minimum atomic E-state index is -0.554. The molecule has 0 saturated heterocycles. The van der Waals surface area contributed by atoms with Crippen LogP contribution in [-0.2, 0) is 17.6 Å². The van der Waals surface area contributed by atoms with Gasteiger partial charge in [0, 0.05) is 0 Å². The third kappa shape index (κ3) is 4.62. The molecule has 27 heavy (non-hydrogen) atoms. The lowest BCUT2D eigenvalue weighted by atomic mass is 9.89. The van der Waals surface area contributed by atoms with Crippen LogP contribution in [0.4, 0.5) is 0 Å². The van der Waals surface area contributed by atoms with Crippen LogP contribution in [0.1, 0.15) is 55.8 Å². The van der Waals surface area contributed by atoms with Crippen LogP contribution in [0.3, 0.4) is 0 Å². The number of methoxy groups -OCH3 is 1. The average Bonchev–Trinajstić information content (AvgIpc) is 2.71. The molecule has 2 aromatic rings. The number of fused-ring (bicyclic) bond motifs is 1. The predicted molar refractivity (Wildman–Crippen MR) is 107 cm³/mol. The lowest BCUT2D eigenvalue weighted by Crippen LogP contribution is -2.39. The predicted octanol–water partition coefficient (Wildman–Crippen LogP) is 4.61. The molecule has 144 valence electrons. The van der Waals surface area contributed by atoms with Crippen LogP contribution in [0.25, 0.3) is 0 Å². The number of benzene rings is 2. The first-order valence-electron chi connectivity index (χ1n) is 9.84. The summed E-state index contributed by atoms with van der Waals surface area (Å²) in [4.78, 5) is 12.8. The van der Waals surface area contributed by atoms with Crippen molar-refractivity contribution in [3.05, 3.63) is 59.2 Å². The van der Waals surface area contributed by atoms with E-state index in [4.69, 9.17) is 9.47 Å². The summed E-state index contributed by atoms with van der Waals surface area (Å²) in [6.45, 7) is 3.97. The molecule has 1 aliphatic carbocycles. The maximum Gasteiger partial charge on any atom is 0.261 e. The van der Waals surface area contributed by atoms with Gasteiger partial charge in [-0.05, 0) is 67.9 Å². The Morgan fingerprint density at radius 3 is 2.48 bits per heavy atom. The molecule has 0 aromatic heterocycles. The fourth-order valence-corrected chi connectivity index (χ4v) is 3.60. The number of nitrogens with one attached hydrogen (secondary N) is 1. The minimum Gasteiger partial charge on any atom is -0.493 e. The number of carbonyl (C=O) groups is 1. The highest BCUT2D eigenvalue weighted by molar-refractivity contribution is 5.81. The molecule has 1 N–H and O–H groups in total. The molecule has 1 aliphatic rings. The number of amides is 1. The molecule has 0 heterocycles. The summed E-state index contributed by atoms with van der Waals surface area (Å²) in [5.74, 6) is 1.11. The zero-order chi connectivity index (χ0) is 19.2. The van der Waals surface area contributed by atoms with Crippen molar-refractivity contribution in [1.82, 2.24) is 5.32 Å². The summed E-state index contributed by atoms with van der Waals surface area (Å²) in [7, 11) is 1.60. The Kier molecular flexibility index (Phi) is 6.38. The van der Waals surface area contributed by atoms with Crippen LogP contribution in [0.15, 0.2) is 42.5 Å². The lowest BCUT2D eigenvalue weighted by Gasteiger charge is -2.23. The topological polar surface area (TPSA) is 47.6 Å². The maximum absolute atomic E-state index is 12.8. The van der Waals surface area contributed by atoms with E-state index in [9.17, 15) is 4.79 Å². The largest absolute Gasteiger partial charge is 0.493 e. The van der Waals surface area contributed by atoms with Crippen molar-refractivity contribution < 1.29 is 14.3 Å². The molecule has 2 aromatic carbocycles. The SMILES string of the molecule is CC[C@@H](Oc1ccccc1OC)C(=O)N[C@@H](C)c1ccc2c(c1)CCCC2. The first-order valence-corrected chi connectivity index (χ1v) is 9.84. The normalized spacial score (nSPS) is 15.4. The highest BCUT2D eigenvalue weighted by Gasteiger charge is 2.22. The van der Waals surface area contributed by atoms with Gasteiger partial charge in [-0.2, -0.15) is 0 Å². The second kappa shape index (κ2) is 8.94. The zero-order valence-corrected chi connectivity index (χ0v) is 16.5. The molecule has 1 amide bonds. The number of aryl methyl sites for hydroxylation is 2. The first kappa shape index (κ1) is 19.3. The van der Waals surface area contributed by atoms with Crippen LogP contribution >= 0.6 is 0 Å². The van der Waals surface area contributed by atoms with Gasteiger partial charge in [0.25, 0.3) is 5.91 Å². The lowest BCUT2D eigenvalue weighted by molar-refractivity contribution is -0.128. The van der Waals surface area contributed by atoms with E-state index in [2.05, 4.69) is 23.5 Å². The highest BCUT2D eigenvalue weighted by Crippen LogP contribution is 2.28. The van der Waals surface area contributed by atoms with Crippen LogP contribution < -0.4 is 14.8 Å². The monoisotopic (exact) mass is 367 g/mol. The Bertz CT molecular complexity index is 787. The van der Waals surface area contributed by atoms with E-state index in [1.54, 1.807) is 7.11 Å². The second-order valence-corrected chi connectivity index (χ2v) is 7.13. The molecule has 0 spiro atoms. The van der Waals surface area contributed by atoms with Crippen molar-refractivity contribution in [1.29, 1.82) is 0 Å².